The number of likely N-dealkylation sites (N-methyl/N-ethyl adjacent to an activating group) is 1. The molecule has 0 radical (unpaired) electrons. The highest BCUT2D eigenvalue weighted by Gasteiger charge is 2.18. The van der Waals surface area contributed by atoms with Crippen molar-refractivity contribution in [1.82, 2.24) is 15.5 Å². The van der Waals surface area contributed by atoms with Gasteiger partial charge in [-0.15, -0.1) is 0 Å². The third-order valence-corrected chi connectivity index (χ3v) is 5.04. The number of aryl methyl sites for hydroxylation is 1. The smallest absolute Gasteiger partial charge is 0.319 e. The van der Waals surface area contributed by atoms with Crippen LogP contribution in [0.1, 0.15) is 55.5 Å². The summed E-state index contributed by atoms with van der Waals surface area (Å²) in [5.41, 5.74) is 2.24. The Morgan fingerprint density at radius 1 is 1.15 bits per heavy atom. The molecule has 1 aromatic rings. The van der Waals surface area contributed by atoms with Gasteiger partial charge in [0.25, 0.3) is 5.91 Å². The molecule has 0 unspecified atom stereocenters. The maximum absolute atomic E-state index is 12.3. The van der Waals surface area contributed by atoms with Gasteiger partial charge < -0.3 is 20.9 Å². The summed E-state index contributed by atoms with van der Waals surface area (Å²) in [4.78, 5) is 26.6. The molecule has 1 aliphatic carbocycles. The highest BCUT2D eigenvalue weighted by molar-refractivity contribution is 5.96. The molecule has 0 aliphatic heterocycles. The molecule has 0 heterocycles. The van der Waals surface area contributed by atoms with Gasteiger partial charge in [0, 0.05) is 30.4 Å². The van der Waals surface area contributed by atoms with Gasteiger partial charge in [0.15, 0.2) is 0 Å². The zero-order chi connectivity index (χ0) is 18.9. The van der Waals surface area contributed by atoms with Gasteiger partial charge in [0.05, 0.1) is 0 Å². The average molecular weight is 361 g/mol. The molecule has 0 atom stereocenters. The molecule has 0 spiro atoms. The van der Waals surface area contributed by atoms with Gasteiger partial charge in [-0.2, -0.15) is 0 Å². The van der Waals surface area contributed by atoms with Gasteiger partial charge >= 0.3 is 6.03 Å². The summed E-state index contributed by atoms with van der Waals surface area (Å²) >= 11 is 0. The number of urea groups is 1. The molecular formula is C20H32N4O2. The molecule has 6 nitrogen and oxygen atoms in total. The number of anilines is 1. The largest absolute Gasteiger partial charge is 0.349 e. The van der Waals surface area contributed by atoms with Gasteiger partial charge in [-0.1, -0.05) is 26.7 Å². The second kappa shape index (κ2) is 10.2. The molecule has 0 saturated heterocycles. The molecule has 1 saturated carbocycles. The lowest BCUT2D eigenvalue weighted by Gasteiger charge is -2.18. The van der Waals surface area contributed by atoms with Crippen molar-refractivity contribution < 1.29 is 9.59 Å². The lowest BCUT2D eigenvalue weighted by Crippen LogP contribution is -2.37. The van der Waals surface area contributed by atoms with Crippen LogP contribution < -0.4 is 16.0 Å². The van der Waals surface area contributed by atoms with Gasteiger partial charge in [-0.3, -0.25) is 4.79 Å². The van der Waals surface area contributed by atoms with Crippen molar-refractivity contribution in [2.75, 3.05) is 31.5 Å². The van der Waals surface area contributed by atoms with Crippen LogP contribution in [-0.2, 0) is 0 Å². The van der Waals surface area contributed by atoms with Crippen molar-refractivity contribution in [3.05, 3.63) is 29.3 Å². The summed E-state index contributed by atoms with van der Waals surface area (Å²) in [5, 5.41) is 8.82. The molecule has 1 aromatic carbocycles. The van der Waals surface area contributed by atoms with E-state index in [0.717, 1.165) is 43.7 Å². The van der Waals surface area contributed by atoms with Crippen LogP contribution in [0.15, 0.2) is 18.2 Å². The van der Waals surface area contributed by atoms with E-state index in [4.69, 9.17) is 0 Å². The van der Waals surface area contributed by atoms with E-state index in [9.17, 15) is 9.59 Å². The third kappa shape index (κ3) is 6.02. The zero-order valence-corrected chi connectivity index (χ0v) is 16.2. The molecule has 26 heavy (non-hydrogen) atoms. The van der Waals surface area contributed by atoms with Crippen molar-refractivity contribution in [3.63, 3.8) is 0 Å². The number of carbonyl (C=O) groups is 2. The first-order valence-electron chi connectivity index (χ1n) is 9.72. The summed E-state index contributed by atoms with van der Waals surface area (Å²) in [5.74, 6) is -0.0322. The predicted octanol–water partition coefficient (Wildman–Crippen LogP) is 3.13. The summed E-state index contributed by atoms with van der Waals surface area (Å²) < 4.78 is 0. The lowest BCUT2D eigenvalue weighted by atomic mass is 10.1. The third-order valence-electron chi connectivity index (χ3n) is 5.04. The van der Waals surface area contributed by atoms with Crippen LogP contribution in [0.4, 0.5) is 10.5 Å². The Morgan fingerprint density at radius 2 is 1.85 bits per heavy atom. The van der Waals surface area contributed by atoms with E-state index in [2.05, 4.69) is 34.7 Å². The SMILES string of the molecule is CCN(CC)CCNC(=O)Nc1ccc(C(=O)NC2CCCC2)cc1C. The van der Waals surface area contributed by atoms with Gasteiger partial charge in [0.1, 0.15) is 0 Å². The molecule has 0 bridgehead atoms. The number of hydrogen-bond donors (Lipinski definition) is 3. The number of rotatable bonds is 8. The number of amides is 3. The molecule has 6 heteroatoms. The van der Waals surface area contributed by atoms with E-state index in [1.807, 2.05) is 13.0 Å². The zero-order valence-electron chi connectivity index (χ0n) is 16.2. The normalized spacial score (nSPS) is 14.5. The van der Waals surface area contributed by atoms with E-state index >= 15 is 0 Å². The Bertz CT molecular complexity index is 608. The topological polar surface area (TPSA) is 73.5 Å². The fraction of sp³-hybridized carbons (Fsp3) is 0.600. The minimum atomic E-state index is -0.219. The fourth-order valence-electron chi connectivity index (χ4n) is 3.32. The van der Waals surface area contributed by atoms with Crippen LogP contribution in [0.3, 0.4) is 0 Å². The predicted molar refractivity (Wildman–Crippen MR) is 106 cm³/mol. The highest BCUT2D eigenvalue weighted by Crippen LogP contribution is 2.20. The number of benzene rings is 1. The second-order valence-corrected chi connectivity index (χ2v) is 6.89. The Hall–Kier alpha value is -2.08. The molecule has 144 valence electrons. The fourth-order valence-corrected chi connectivity index (χ4v) is 3.32. The van der Waals surface area contributed by atoms with E-state index in [-0.39, 0.29) is 11.9 Å². The molecule has 1 fully saturated rings. The summed E-state index contributed by atoms with van der Waals surface area (Å²) in [6.45, 7) is 9.51. The van der Waals surface area contributed by atoms with Crippen LogP contribution in [0, 0.1) is 6.92 Å². The highest BCUT2D eigenvalue weighted by atomic mass is 16.2. The first-order valence-corrected chi connectivity index (χ1v) is 9.72. The Balaban J connectivity index is 1.84. The average Bonchev–Trinajstić information content (AvgIpc) is 3.13. The monoisotopic (exact) mass is 360 g/mol. The molecule has 3 N–H and O–H groups in total. The number of nitrogens with one attached hydrogen (secondary N) is 3. The van der Waals surface area contributed by atoms with Gasteiger partial charge in [-0.25, -0.2) is 4.79 Å². The van der Waals surface area contributed by atoms with Crippen LogP contribution in [0.2, 0.25) is 0 Å². The van der Waals surface area contributed by atoms with Crippen molar-refractivity contribution in [2.45, 2.75) is 52.5 Å². The number of nitrogens with zero attached hydrogens (tertiary/aromatic N) is 1. The standard InChI is InChI=1S/C20H32N4O2/c1-4-24(5-2)13-12-21-20(26)23-18-11-10-16(14-15(18)3)19(25)22-17-8-6-7-9-17/h10-11,14,17H,4-9,12-13H2,1-3H3,(H,22,25)(H2,21,23,26). The van der Waals surface area contributed by atoms with Crippen molar-refractivity contribution >= 4 is 17.6 Å². The van der Waals surface area contributed by atoms with Gasteiger partial charge in [-0.05, 0) is 56.6 Å². The van der Waals surface area contributed by atoms with Crippen LogP contribution in [0.25, 0.3) is 0 Å². The van der Waals surface area contributed by atoms with E-state index in [1.165, 1.54) is 12.8 Å². The lowest BCUT2D eigenvalue weighted by molar-refractivity contribution is 0.0938. The molecule has 2 rings (SSSR count). The molecular weight excluding hydrogens is 328 g/mol. The minimum absolute atomic E-state index is 0.0322. The maximum Gasteiger partial charge on any atom is 0.319 e. The second-order valence-electron chi connectivity index (χ2n) is 6.89. The molecule has 1 aliphatic rings. The van der Waals surface area contributed by atoms with Gasteiger partial charge in [0.2, 0.25) is 0 Å². The summed E-state index contributed by atoms with van der Waals surface area (Å²) in [6.07, 6.45) is 4.52. The first kappa shape index (κ1) is 20.2. The summed E-state index contributed by atoms with van der Waals surface area (Å²) in [7, 11) is 0. The van der Waals surface area contributed by atoms with Crippen molar-refractivity contribution in [2.24, 2.45) is 0 Å². The Kier molecular flexibility index (Phi) is 7.91. The van der Waals surface area contributed by atoms with Crippen molar-refractivity contribution in [1.29, 1.82) is 0 Å². The minimum Gasteiger partial charge on any atom is -0.349 e. The van der Waals surface area contributed by atoms with E-state index in [0.29, 0.717) is 18.2 Å². The Labute approximate surface area is 156 Å². The molecule has 3 amide bonds. The maximum atomic E-state index is 12.3. The van der Waals surface area contributed by atoms with E-state index < -0.39 is 0 Å². The molecule has 0 aromatic heterocycles. The number of carbonyl (C=O) groups excluding carboxylic acids is 2. The van der Waals surface area contributed by atoms with E-state index in [1.54, 1.807) is 12.1 Å². The van der Waals surface area contributed by atoms with Crippen LogP contribution in [-0.4, -0.2) is 49.1 Å². The Morgan fingerprint density at radius 3 is 2.46 bits per heavy atom. The summed E-state index contributed by atoms with van der Waals surface area (Å²) in [6, 6.07) is 5.47. The first-order chi connectivity index (χ1) is 12.5. The quantitative estimate of drug-likeness (QED) is 0.667. The number of hydrogen-bond acceptors (Lipinski definition) is 3. The van der Waals surface area contributed by atoms with Crippen LogP contribution in [0.5, 0.6) is 0 Å². The van der Waals surface area contributed by atoms with Crippen molar-refractivity contribution in [3.8, 4) is 0 Å². The van der Waals surface area contributed by atoms with Crippen LogP contribution >= 0.6 is 0 Å².